The summed E-state index contributed by atoms with van der Waals surface area (Å²) in [6, 6.07) is 12.6. The standard InChI is InChI=1S/C21H15ClF2N2O4S/c22-16-2-1-3-17(24)20(16)25-21(27)13-4-9-19-18(12-13)26(10-11-30-19)31(28,29)15-7-5-14(23)6-8-15/h1-9,12H,10-11H2,(H,25,27). The van der Waals surface area contributed by atoms with Crippen molar-refractivity contribution >= 4 is 38.9 Å². The van der Waals surface area contributed by atoms with E-state index in [2.05, 4.69) is 5.32 Å². The van der Waals surface area contributed by atoms with Crippen LogP contribution in [0.2, 0.25) is 5.02 Å². The molecule has 0 radical (unpaired) electrons. The molecule has 0 fully saturated rings. The zero-order chi connectivity index (χ0) is 22.2. The van der Waals surface area contributed by atoms with Crippen LogP contribution in [0.15, 0.2) is 65.6 Å². The molecule has 10 heteroatoms. The molecule has 1 heterocycles. The predicted molar refractivity (Wildman–Crippen MR) is 112 cm³/mol. The van der Waals surface area contributed by atoms with E-state index in [9.17, 15) is 22.0 Å². The van der Waals surface area contributed by atoms with Crippen molar-refractivity contribution in [1.29, 1.82) is 0 Å². The van der Waals surface area contributed by atoms with Crippen LogP contribution in [-0.2, 0) is 10.0 Å². The van der Waals surface area contributed by atoms with Crippen LogP contribution < -0.4 is 14.4 Å². The van der Waals surface area contributed by atoms with Gasteiger partial charge >= 0.3 is 0 Å². The van der Waals surface area contributed by atoms with E-state index in [0.717, 1.165) is 34.6 Å². The van der Waals surface area contributed by atoms with Gasteiger partial charge < -0.3 is 10.1 Å². The molecule has 0 unspecified atom stereocenters. The number of amides is 1. The second-order valence-electron chi connectivity index (χ2n) is 6.61. The fourth-order valence-corrected chi connectivity index (χ4v) is 4.78. The lowest BCUT2D eigenvalue weighted by Gasteiger charge is -2.30. The summed E-state index contributed by atoms with van der Waals surface area (Å²) in [5.74, 6) is -1.69. The van der Waals surface area contributed by atoms with Crippen LogP contribution in [0.1, 0.15) is 10.4 Å². The average molecular weight is 465 g/mol. The van der Waals surface area contributed by atoms with Gasteiger partial charge in [-0.1, -0.05) is 17.7 Å². The van der Waals surface area contributed by atoms with Crippen molar-refractivity contribution in [3.05, 3.63) is 82.9 Å². The minimum atomic E-state index is -4.03. The van der Waals surface area contributed by atoms with E-state index < -0.39 is 27.6 Å². The highest BCUT2D eigenvalue weighted by Crippen LogP contribution is 2.36. The Bertz CT molecular complexity index is 1250. The molecule has 1 aliphatic rings. The van der Waals surface area contributed by atoms with Gasteiger partial charge in [0.05, 0.1) is 27.8 Å². The Kier molecular flexibility index (Phi) is 5.55. The van der Waals surface area contributed by atoms with Gasteiger partial charge in [-0.25, -0.2) is 17.2 Å². The van der Waals surface area contributed by atoms with Gasteiger partial charge in [-0.05, 0) is 54.6 Å². The number of sulfonamides is 1. The Hall–Kier alpha value is -3.17. The zero-order valence-electron chi connectivity index (χ0n) is 15.8. The summed E-state index contributed by atoms with van der Waals surface area (Å²) in [4.78, 5) is 12.6. The van der Waals surface area contributed by atoms with Crippen molar-refractivity contribution in [2.24, 2.45) is 0 Å². The fourth-order valence-electron chi connectivity index (χ4n) is 3.12. The second-order valence-corrected chi connectivity index (χ2v) is 8.88. The minimum absolute atomic E-state index is 0.00305. The van der Waals surface area contributed by atoms with E-state index in [1.807, 2.05) is 0 Å². The van der Waals surface area contributed by atoms with Gasteiger partial charge in [0.1, 0.15) is 24.0 Å². The number of hydrogen-bond acceptors (Lipinski definition) is 4. The fraction of sp³-hybridized carbons (Fsp3) is 0.0952. The molecule has 31 heavy (non-hydrogen) atoms. The summed E-state index contributed by atoms with van der Waals surface area (Å²) in [6.07, 6.45) is 0. The third kappa shape index (κ3) is 4.06. The normalized spacial score (nSPS) is 13.3. The number of ether oxygens (including phenoxy) is 1. The third-order valence-electron chi connectivity index (χ3n) is 4.64. The number of hydrogen-bond donors (Lipinski definition) is 1. The first-order chi connectivity index (χ1) is 14.8. The maximum absolute atomic E-state index is 14.0. The number of benzene rings is 3. The highest BCUT2D eigenvalue weighted by Gasteiger charge is 2.31. The lowest BCUT2D eigenvalue weighted by Crippen LogP contribution is -2.38. The first-order valence-electron chi connectivity index (χ1n) is 9.08. The summed E-state index contributed by atoms with van der Waals surface area (Å²) in [5.41, 5.74) is 0.0321. The maximum atomic E-state index is 14.0. The van der Waals surface area contributed by atoms with Gasteiger partial charge in [0, 0.05) is 5.56 Å². The number of halogens is 3. The van der Waals surface area contributed by atoms with Crippen LogP contribution in [0.3, 0.4) is 0 Å². The molecule has 0 aliphatic carbocycles. The van der Waals surface area contributed by atoms with E-state index in [1.54, 1.807) is 0 Å². The predicted octanol–water partition coefficient (Wildman–Crippen LogP) is 4.46. The minimum Gasteiger partial charge on any atom is -0.489 e. The van der Waals surface area contributed by atoms with Crippen LogP contribution >= 0.6 is 11.6 Å². The molecular weight excluding hydrogens is 450 g/mol. The largest absolute Gasteiger partial charge is 0.489 e. The Labute approximate surface area is 182 Å². The number of anilines is 2. The third-order valence-corrected chi connectivity index (χ3v) is 6.79. The quantitative estimate of drug-likeness (QED) is 0.618. The van der Waals surface area contributed by atoms with E-state index in [1.165, 1.54) is 30.3 Å². The topological polar surface area (TPSA) is 75.7 Å². The number of nitrogens with one attached hydrogen (secondary N) is 1. The number of fused-ring (bicyclic) bond motifs is 1. The Morgan fingerprint density at radius 1 is 1.06 bits per heavy atom. The number of para-hydroxylation sites is 1. The Morgan fingerprint density at radius 2 is 1.81 bits per heavy atom. The first kappa shape index (κ1) is 21.1. The molecular formula is C21H15ClF2N2O4S. The molecule has 0 saturated heterocycles. The summed E-state index contributed by atoms with van der Waals surface area (Å²) in [6.45, 7) is 0.0979. The van der Waals surface area contributed by atoms with Crippen LogP contribution in [0.5, 0.6) is 5.75 Å². The number of carbonyl (C=O) groups excluding carboxylic acids is 1. The van der Waals surface area contributed by atoms with Crippen LogP contribution in [-0.4, -0.2) is 27.5 Å². The van der Waals surface area contributed by atoms with Gasteiger partial charge in [-0.2, -0.15) is 0 Å². The first-order valence-corrected chi connectivity index (χ1v) is 10.9. The van der Waals surface area contributed by atoms with Crippen molar-refractivity contribution < 1.29 is 26.7 Å². The highest BCUT2D eigenvalue weighted by atomic mass is 35.5. The average Bonchev–Trinajstić information content (AvgIpc) is 2.75. The summed E-state index contributed by atoms with van der Waals surface area (Å²) < 4.78 is 60.0. The number of nitrogens with zero attached hydrogens (tertiary/aromatic N) is 1. The van der Waals surface area contributed by atoms with E-state index in [0.29, 0.717) is 0 Å². The Morgan fingerprint density at radius 3 is 2.52 bits per heavy atom. The zero-order valence-corrected chi connectivity index (χ0v) is 17.4. The molecule has 4 rings (SSSR count). The van der Waals surface area contributed by atoms with Crippen molar-refractivity contribution in [2.45, 2.75) is 4.90 Å². The monoisotopic (exact) mass is 464 g/mol. The molecule has 0 spiro atoms. The Balaban J connectivity index is 1.69. The summed E-state index contributed by atoms with van der Waals surface area (Å²) in [5, 5.41) is 2.42. The molecule has 0 aromatic heterocycles. The molecule has 3 aromatic rings. The molecule has 6 nitrogen and oxygen atoms in total. The van der Waals surface area contributed by atoms with E-state index in [4.69, 9.17) is 16.3 Å². The smallest absolute Gasteiger partial charge is 0.264 e. The van der Waals surface area contributed by atoms with Gasteiger partial charge in [-0.3, -0.25) is 9.10 Å². The molecule has 160 valence electrons. The molecule has 0 bridgehead atoms. The lowest BCUT2D eigenvalue weighted by molar-refractivity contribution is 0.102. The number of carbonyl (C=O) groups is 1. The summed E-state index contributed by atoms with van der Waals surface area (Å²) in [7, 11) is -4.03. The number of rotatable bonds is 4. The van der Waals surface area contributed by atoms with Crippen LogP contribution in [0, 0.1) is 11.6 Å². The molecule has 1 amide bonds. The molecule has 0 atom stereocenters. The molecule has 1 aliphatic heterocycles. The van der Waals surface area contributed by atoms with Crippen LogP contribution in [0.4, 0.5) is 20.2 Å². The maximum Gasteiger partial charge on any atom is 0.264 e. The highest BCUT2D eigenvalue weighted by molar-refractivity contribution is 7.92. The van der Waals surface area contributed by atoms with E-state index >= 15 is 0 Å². The van der Waals surface area contributed by atoms with Gasteiger partial charge in [0.15, 0.2) is 0 Å². The van der Waals surface area contributed by atoms with Gasteiger partial charge in [0.25, 0.3) is 15.9 Å². The van der Waals surface area contributed by atoms with Gasteiger partial charge in [-0.15, -0.1) is 0 Å². The molecule has 1 N–H and O–H groups in total. The second kappa shape index (κ2) is 8.16. The molecule has 3 aromatic carbocycles. The van der Waals surface area contributed by atoms with Crippen molar-refractivity contribution in [1.82, 2.24) is 0 Å². The van der Waals surface area contributed by atoms with Crippen LogP contribution in [0.25, 0.3) is 0 Å². The molecule has 0 saturated carbocycles. The van der Waals surface area contributed by atoms with Crippen molar-refractivity contribution in [2.75, 3.05) is 22.8 Å². The lowest BCUT2D eigenvalue weighted by atomic mass is 10.1. The van der Waals surface area contributed by atoms with Gasteiger partial charge in [0.2, 0.25) is 0 Å². The van der Waals surface area contributed by atoms with Crippen molar-refractivity contribution in [3.8, 4) is 5.75 Å². The summed E-state index contributed by atoms with van der Waals surface area (Å²) >= 11 is 5.95. The van der Waals surface area contributed by atoms with E-state index in [-0.39, 0.29) is 45.8 Å². The SMILES string of the molecule is O=C(Nc1c(F)cccc1Cl)c1ccc2c(c1)N(S(=O)(=O)c1ccc(F)cc1)CCO2. The van der Waals surface area contributed by atoms with Crippen molar-refractivity contribution in [3.63, 3.8) is 0 Å².